The first-order chi connectivity index (χ1) is 5.36. The Morgan fingerprint density at radius 1 is 1.64 bits per heavy atom. The third-order valence-electron chi connectivity index (χ3n) is 2.10. The molecule has 11 heavy (non-hydrogen) atoms. The van der Waals surface area contributed by atoms with Gasteiger partial charge in [0.05, 0.1) is 6.10 Å². The summed E-state index contributed by atoms with van der Waals surface area (Å²) in [5.41, 5.74) is 0. The average molecular weight is 170 g/mol. The van der Waals surface area contributed by atoms with Crippen molar-refractivity contribution in [3.63, 3.8) is 0 Å². The summed E-state index contributed by atoms with van der Waals surface area (Å²) in [7, 11) is 2.34. The minimum atomic E-state index is 0.378. The van der Waals surface area contributed by atoms with Crippen molar-refractivity contribution in [2.75, 3.05) is 0 Å². The van der Waals surface area contributed by atoms with Gasteiger partial charge in [-0.2, -0.15) is 0 Å². The first kappa shape index (κ1) is 9.04. The Kier molecular flexibility index (Phi) is 3.91. The van der Waals surface area contributed by atoms with Crippen molar-refractivity contribution in [3.05, 3.63) is 0 Å². The molecular formula is C9H15OP. The Bertz CT molecular complexity index is 146. The Morgan fingerprint density at radius 3 is 2.82 bits per heavy atom. The summed E-state index contributed by atoms with van der Waals surface area (Å²) in [5, 5.41) is 0. The highest BCUT2D eigenvalue weighted by atomic mass is 31.0. The third-order valence-corrected chi connectivity index (χ3v) is 2.48. The van der Waals surface area contributed by atoms with Crippen LogP contribution in [0.1, 0.15) is 32.1 Å². The summed E-state index contributed by atoms with van der Waals surface area (Å²) in [6.07, 6.45) is 11.4. The largest absolute Gasteiger partial charge is 0.362 e. The van der Waals surface area contributed by atoms with E-state index in [1.165, 1.54) is 19.3 Å². The van der Waals surface area contributed by atoms with Crippen LogP contribution in [0.3, 0.4) is 0 Å². The molecule has 1 aliphatic rings. The predicted octanol–water partition coefficient (Wildman–Crippen LogP) is 2.38. The lowest BCUT2D eigenvalue weighted by Gasteiger charge is -2.12. The summed E-state index contributed by atoms with van der Waals surface area (Å²) in [5.74, 6) is 3.57. The second-order valence-electron chi connectivity index (χ2n) is 3.18. The Morgan fingerprint density at radius 2 is 2.36 bits per heavy atom. The molecule has 1 aliphatic carbocycles. The smallest absolute Gasteiger partial charge is 0.0622 e. The molecule has 62 valence electrons. The number of terminal acetylenes is 1. The second-order valence-corrected chi connectivity index (χ2v) is 3.45. The normalized spacial score (nSPS) is 19.3. The zero-order valence-electron chi connectivity index (χ0n) is 6.75. The zero-order chi connectivity index (χ0) is 8.10. The molecule has 0 amide bonds. The predicted molar refractivity (Wildman–Crippen MR) is 50.0 cm³/mol. The van der Waals surface area contributed by atoms with Gasteiger partial charge in [-0.05, 0) is 18.8 Å². The molecule has 0 aromatic rings. The van der Waals surface area contributed by atoms with Crippen LogP contribution in [0.2, 0.25) is 0 Å². The van der Waals surface area contributed by atoms with Gasteiger partial charge in [0.1, 0.15) is 0 Å². The molecule has 0 bridgehead atoms. The van der Waals surface area contributed by atoms with E-state index in [2.05, 4.69) is 15.4 Å². The van der Waals surface area contributed by atoms with Gasteiger partial charge in [-0.3, -0.25) is 0 Å². The topological polar surface area (TPSA) is 9.23 Å². The lowest BCUT2D eigenvalue weighted by atomic mass is 10.1. The minimum absolute atomic E-state index is 0.378. The molecule has 0 aromatic heterocycles. The monoisotopic (exact) mass is 170 g/mol. The first-order valence-corrected chi connectivity index (χ1v) is 4.63. The van der Waals surface area contributed by atoms with Crippen molar-refractivity contribution in [2.45, 2.75) is 38.2 Å². The van der Waals surface area contributed by atoms with Crippen LogP contribution in [0.5, 0.6) is 0 Å². The van der Waals surface area contributed by atoms with E-state index in [-0.39, 0.29) is 0 Å². The quantitative estimate of drug-likeness (QED) is 0.454. The molecule has 0 radical (unpaired) electrons. The van der Waals surface area contributed by atoms with Gasteiger partial charge in [-0.1, -0.05) is 12.8 Å². The van der Waals surface area contributed by atoms with Crippen molar-refractivity contribution >= 4 is 9.47 Å². The van der Waals surface area contributed by atoms with Crippen LogP contribution in [0, 0.1) is 18.3 Å². The molecule has 2 heteroatoms. The van der Waals surface area contributed by atoms with E-state index in [4.69, 9.17) is 10.9 Å². The molecule has 1 nitrogen and oxygen atoms in total. The van der Waals surface area contributed by atoms with E-state index < -0.39 is 0 Å². The average Bonchev–Trinajstić information content (AvgIpc) is 2.81. The van der Waals surface area contributed by atoms with Crippen LogP contribution >= 0.6 is 9.47 Å². The summed E-state index contributed by atoms with van der Waals surface area (Å²) < 4.78 is 5.22. The molecule has 0 aliphatic heterocycles. The standard InChI is InChI=1S/C9H15OP/c1-2-3-4-9(10-11)7-8-5-6-8/h1,8-9H,3-7,11H2/t9-/m1/s1. The number of rotatable bonds is 5. The molecule has 0 N–H and O–H groups in total. The van der Waals surface area contributed by atoms with E-state index in [9.17, 15) is 0 Å². The molecule has 1 unspecified atom stereocenters. The lowest BCUT2D eigenvalue weighted by Crippen LogP contribution is -2.07. The van der Waals surface area contributed by atoms with Crippen LogP contribution in [-0.2, 0) is 4.52 Å². The van der Waals surface area contributed by atoms with Gasteiger partial charge in [0.15, 0.2) is 0 Å². The Labute approximate surface area is 71.2 Å². The third kappa shape index (κ3) is 3.75. The van der Waals surface area contributed by atoms with Crippen LogP contribution in [0.25, 0.3) is 0 Å². The molecule has 2 atom stereocenters. The maximum Gasteiger partial charge on any atom is 0.0622 e. The minimum Gasteiger partial charge on any atom is -0.362 e. The summed E-state index contributed by atoms with van der Waals surface area (Å²) in [6, 6.07) is 0. The summed E-state index contributed by atoms with van der Waals surface area (Å²) in [4.78, 5) is 0. The Balaban J connectivity index is 2.08. The molecule has 0 spiro atoms. The highest BCUT2D eigenvalue weighted by molar-refractivity contribution is 7.09. The zero-order valence-corrected chi connectivity index (χ0v) is 7.91. The van der Waals surface area contributed by atoms with Gasteiger partial charge in [-0.15, -0.1) is 12.3 Å². The van der Waals surface area contributed by atoms with E-state index in [1.807, 2.05) is 0 Å². The van der Waals surface area contributed by atoms with E-state index in [0.717, 1.165) is 18.8 Å². The fourth-order valence-electron chi connectivity index (χ4n) is 1.21. The van der Waals surface area contributed by atoms with Crippen LogP contribution < -0.4 is 0 Å². The van der Waals surface area contributed by atoms with Gasteiger partial charge < -0.3 is 4.52 Å². The molecule has 1 rings (SSSR count). The first-order valence-electron chi connectivity index (χ1n) is 4.15. The maximum absolute atomic E-state index is 5.22. The molecule has 1 fully saturated rings. The summed E-state index contributed by atoms with van der Waals surface area (Å²) in [6.45, 7) is 0. The highest BCUT2D eigenvalue weighted by Gasteiger charge is 2.24. The maximum atomic E-state index is 5.22. The number of hydrogen-bond donors (Lipinski definition) is 0. The van der Waals surface area contributed by atoms with E-state index in [1.54, 1.807) is 0 Å². The molecule has 1 saturated carbocycles. The van der Waals surface area contributed by atoms with Crippen molar-refractivity contribution in [3.8, 4) is 12.3 Å². The van der Waals surface area contributed by atoms with Gasteiger partial charge in [0, 0.05) is 15.9 Å². The summed E-state index contributed by atoms with van der Waals surface area (Å²) >= 11 is 0. The van der Waals surface area contributed by atoms with Gasteiger partial charge in [-0.25, -0.2) is 0 Å². The van der Waals surface area contributed by atoms with Crippen molar-refractivity contribution in [1.29, 1.82) is 0 Å². The Hall–Kier alpha value is -0.0500. The lowest BCUT2D eigenvalue weighted by molar-refractivity contribution is 0.208. The van der Waals surface area contributed by atoms with Crippen molar-refractivity contribution < 1.29 is 4.52 Å². The van der Waals surface area contributed by atoms with Gasteiger partial charge in [0.2, 0.25) is 0 Å². The van der Waals surface area contributed by atoms with Crippen LogP contribution in [0.15, 0.2) is 0 Å². The van der Waals surface area contributed by atoms with Crippen LogP contribution in [0.4, 0.5) is 0 Å². The number of hydrogen-bond acceptors (Lipinski definition) is 1. The SMILES string of the molecule is C#CCC[C@H](CC1CC1)OP. The van der Waals surface area contributed by atoms with E-state index >= 15 is 0 Å². The van der Waals surface area contributed by atoms with Gasteiger partial charge >= 0.3 is 0 Å². The second kappa shape index (κ2) is 4.75. The molecule has 0 saturated heterocycles. The fourth-order valence-corrected chi connectivity index (χ4v) is 1.46. The van der Waals surface area contributed by atoms with Crippen molar-refractivity contribution in [1.82, 2.24) is 0 Å². The fraction of sp³-hybridized carbons (Fsp3) is 0.778. The van der Waals surface area contributed by atoms with Crippen molar-refractivity contribution in [2.24, 2.45) is 5.92 Å². The molecule has 0 heterocycles. The van der Waals surface area contributed by atoms with E-state index in [0.29, 0.717) is 6.10 Å². The van der Waals surface area contributed by atoms with Crippen LogP contribution in [-0.4, -0.2) is 6.10 Å². The molecule has 0 aromatic carbocycles. The van der Waals surface area contributed by atoms with Gasteiger partial charge in [0.25, 0.3) is 0 Å². The highest BCUT2D eigenvalue weighted by Crippen LogP contribution is 2.35. The molecular weight excluding hydrogens is 155 g/mol.